The maximum absolute atomic E-state index is 12.8. The van der Waals surface area contributed by atoms with Gasteiger partial charge in [-0.3, -0.25) is 14.4 Å². The summed E-state index contributed by atoms with van der Waals surface area (Å²) in [5.41, 5.74) is 0. The summed E-state index contributed by atoms with van der Waals surface area (Å²) in [6, 6.07) is 0. The van der Waals surface area contributed by atoms with E-state index in [1.165, 1.54) is 173 Å². The molecule has 0 rings (SSSR count). The Kier molecular flexibility index (Phi) is 43.7. The van der Waals surface area contributed by atoms with Crippen LogP contribution in [0.25, 0.3) is 0 Å². The van der Waals surface area contributed by atoms with E-state index in [2.05, 4.69) is 34.6 Å². The highest BCUT2D eigenvalue weighted by Crippen LogP contribution is 2.18. The third kappa shape index (κ3) is 44.0. The number of unbranched alkanes of at least 4 members (excludes halogenated alkanes) is 30. The van der Waals surface area contributed by atoms with Gasteiger partial charge in [-0.15, -0.1) is 0 Å². The molecule has 0 amide bonds. The average molecular weight is 821 g/mol. The molecule has 6 nitrogen and oxygen atoms in total. The molecule has 58 heavy (non-hydrogen) atoms. The van der Waals surface area contributed by atoms with Crippen LogP contribution in [0, 0.1) is 11.8 Å². The van der Waals surface area contributed by atoms with Crippen LogP contribution in [0.2, 0.25) is 0 Å². The fourth-order valence-corrected chi connectivity index (χ4v) is 7.78. The molecule has 344 valence electrons. The van der Waals surface area contributed by atoms with Gasteiger partial charge in [-0.05, 0) is 31.1 Å². The fraction of sp³-hybridized carbons (Fsp3) is 0.942. The van der Waals surface area contributed by atoms with Crippen molar-refractivity contribution in [3.8, 4) is 0 Å². The van der Waals surface area contributed by atoms with E-state index in [1.807, 2.05) is 0 Å². The van der Waals surface area contributed by atoms with E-state index >= 15 is 0 Å². The van der Waals surface area contributed by atoms with Crippen molar-refractivity contribution in [2.24, 2.45) is 11.8 Å². The molecule has 0 spiro atoms. The summed E-state index contributed by atoms with van der Waals surface area (Å²) in [6.45, 7) is 11.4. The Hall–Kier alpha value is -1.59. The summed E-state index contributed by atoms with van der Waals surface area (Å²) in [6.07, 6.45) is 45.1. The molecule has 0 aliphatic carbocycles. The summed E-state index contributed by atoms with van der Waals surface area (Å²) in [5.74, 6) is 0.816. The van der Waals surface area contributed by atoms with Gasteiger partial charge in [0, 0.05) is 19.3 Å². The second-order valence-electron chi connectivity index (χ2n) is 18.5. The second kappa shape index (κ2) is 44.9. The average Bonchev–Trinajstić information content (AvgIpc) is 3.21. The van der Waals surface area contributed by atoms with Gasteiger partial charge in [0.15, 0.2) is 6.10 Å². The van der Waals surface area contributed by atoms with Gasteiger partial charge >= 0.3 is 17.9 Å². The summed E-state index contributed by atoms with van der Waals surface area (Å²) in [4.78, 5) is 37.9. The van der Waals surface area contributed by atoms with E-state index in [4.69, 9.17) is 14.2 Å². The van der Waals surface area contributed by atoms with Gasteiger partial charge in [-0.25, -0.2) is 0 Å². The molecular formula is C52H100O6. The molecule has 0 fully saturated rings. The van der Waals surface area contributed by atoms with Crippen LogP contribution < -0.4 is 0 Å². The lowest BCUT2D eigenvalue weighted by Gasteiger charge is -2.18. The Morgan fingerprint density at radius 1 is 0.362 bits per heavy atom. The SMILES string of the molecule is CCCCCCCCCCCCCCCCCC(=O)O[C@@H](COC(=O)CCCCCCCCCCCCC(C)C)COC(=O)CCCCCCCCCCC(C)CC. The maximum Gasteiger partial charge on any atom is 0.306 e. The largest absolute Gasteiger partial charge is 0.462 e. The van der Waals surface area contributed by atoms with Crippen molar-refractivity contribution in [2.75, 3.05) is 13.2 Å². The summed E-state index contributed by atoms with van der Waals surface area (Å²) < 4.78 is 16.8. The Morgan fingerprint density at radius 3 is 0.983 bits per heavy atom. The molecule has 0 aromatic carbocycles. The van der Waals surface area contributed by atoms with Gasteiger partial charge in [0.05, 0.1) is 0 Å². The molecule has 0 aromatic rings. The number of carbonyl (C=O) groups excluding carboxylic acids is 3. The lowest BCUT2D eigenvalue weighted by molar-refractivity contribution is -0.167. The van der Waals surface area contributed by atoms with Gasteiger partial charge in [0.1, 0.15) is 13.2 Å². The van der Waals surface area contributed by atoms with Crippen molar-refractivity contribution in [3.05, 3.63) is 0 Å². The first-order valence-corrected chi connectivity index (χ1v) is 25.8. The van der Waals surface area contributed by atoms with E-state index in [-0.39, 0.29) is 31.1 Å². The number of hydrogen-bond donors (Lipinski definition) is 0. The fourth-order valence-electron chi connectivity index (χ4n) is 7.78. The topological polar surface area (TPSA) is 78.9 Å². The molecule has 2 atom stereocenters. The predicted octanol–water partition coefficient (Wildman–Crippen LogP) is 16.5. The smallest absolute Gasteiger partial charge is 0.306 e. The zero-order valence-electron chi connectivity index (χ0n) is 39.7. The Morgan fingerprint density at radius 2 is 0.655 bits per heavy atom. The molecule has 6 heteroatoms. The molecular weight excluding hydrogens is 721 g/mol. The minimum absolute atomic E-state index is 0.0643. The highest BCUT2D eigenvalue weighted by Gasteiger charge is 2.19. The standard InChI is InChI=1S/C52H100O6/c1-6-8-9-10-11-12-13-14-15-16-17-22-29-34-39-44-52(55)58-49(46-57-51(54)43-38-33-28-24-23-26-31-36-41-48(5)7-2)45-56-50(53)42-37-32-27-21-19-18-20-25-30-35-40-47(3)4/h47-49H,6-46H2,1-5H3/t48?,49-/m0/s1. The van der Waals surface area contributed by atoms with Crippen molar-refractivity contribution in [1.82, 2.24) is 0 Å². The van der Waals surface area contributed by atoms with Crippen LogP contribution >= 0.6 is 0 Å². The van der Waals surface area contributed by atoms with Gasteiger partial charge in [-0.1, -0.05) is 247 Å². The highest BCUT2D eigenvalue weighted by atomic mass is 16.6. The van der Waals surface area contributed by atoms with Crippen molar-refractivity contribution in [3.63, 3.8) is 0 Å². The van der Waals surface area contributed by atoms with Gasteiger partial charge in [0.2, 0.25) is 0 Å². The first-order chi connectivity index (χ1) is 28.3. The number of esters is 3. The second-order valence-corrected chi connectivity index (χ2v) is 18.5. The maximum atomic E-state index is 12.8. The van der Waals surface area contributed by atoms with E-state index < -0.39 is 6.10 Å². The quantitative estimate of drug-likeness (QED) is 0.0346. The molecule has 0 bridgehead atoms. The third-order valence-corrected chi connectivity index (χ3v) is 12.1. The molecule has 0 saturated heterocycles. The predicted molar refractivity (Wildman–Crippen MR) is 247 cm³/mol. The summed E-state index contributed by atoms with van der Waals surface area (Å²) in [5, 5.41) is 0. The van der Waals surface area contributed by atoms with Gasteiger partial charge in [-0.2, -0.15) is 0 Å². The number of ether oxygens (including phenoxy) is 3. The Bertz CT molecular complexity index is 887. The highest BCUT2D eigenvalue weighted by molar-refractivity contribution is 5.71. The van der Waals surface area contributed by atoms with Crippen LogP contribution in [0.5, 0.6) is 0 Å². The lowest BCUT2D eigenvalue weighted by atomic mass is 9.99. The summed E-state index contributed by atoms with van der Waals surface area (Å²) >= 11 is 0. The van der Waals surface area contributed by atoms with Crippen LogP contribution in [0.3, 0.4) is 0 Å². The molecule has 0 aliphatic heterocycles. The first kappa shape index (κ1) is 56.4. The first-order valence-electron chi connectivity index (χ1n) is 25.8. The van der Waals surface area contributed by atoms with E-state index in [0.717, 1.165) is 69.6 Å². The monoisotopic (exact) mass is 821 g/mol. The Balaban J connectivity index is 4.33. The zero-order chi connectivity index (χ0) is 42.6. The number of hydrogen-bond acceptors (Lipinski definition) is 6. The van der Waals surface area contributed by atoms with E-state index in [1.54, 1.807) is 0 Å². The molecule has 1 unspecified atom stereocenters. The van der Waals surface area contributed by atoms with Crippen LogP contribution in [0.15, 0.2) is 0 Å². The minimum atomic E-state index is -0.762. The normalized spacial score (nSPS) is 12.5. The molecule has 0 saturated carbocycles. The lowest BCUT2D eigenvalue weighted by Crippen LogP contribution is -2.30. The third-order valence-electron chi connectivity index (χ3n) is 12.1. The molecule has 0 radical (unpaired) electrons. The van der Waals surface area contributed by atoms with Crippen molar-refractivity contribution in [2.45, 2.75) is 291 Å². The van der Waals surface area contributed by atoms with Crippen LogP contribution in [0.4, 0.5) is 0 Å². The summed E-state index contributed by atoms with van der Waals surface area (Å²) in [7, 11) is 0. The van der Waals surface area contributed by atoms with Gasteiger partial charge < -0.3 is 14.2 Å². The van der Waals surface area contributed by atoms with Crippen LogP contribution in [0.1, 0.15) is 285 Å². The van der Waals surface area contributed by atoms with E-state index in [0.29, 0.717) is 19.3 Å². The van der Waals surface area contributed by atoms with E-state index in [9.17, 15) is 14.4 Å². The Labute approximate surface area is 361 Å². The van der Waals surface area contributed by atoms with Gasteiger partial charge in [0.25, 0.3) is 0 Å². The van der Waals surface area contributed by atoms with Crippen molar-refractivity contribution in [1.29, 1.82) is 0 Å². The number of carbonyl (C=O) groups is 3. The zero-order valence-corrected chi connectivity index (χ0v) is 39.7. The van der Waals surface area contributed by atoms with Crippen LogP contribution in [-0.2, 0) is 28.6 Å². The van der Waals surface area contributed by atoms with Crippen molar-refractivity contribution < 1.29 is 28.6 Å². The molecule has 0 heterocycles. The van der Waals surface area contributed by atoms with Crippen molar-refractivity contribution >= 4 is 17.9 Å². The molecule has 0 N–H and O–H groups in total. The van der Waals surface area contributed by atoms with Crippen LogP contribution in [-0.4, -0.2) is 37.2 Å². The molecule has 0 aromatic heterocycles. The number of rotatable bonds is 46. The minimum Gasteiger partial charge on any atom is -0.462 e. The molecule has 0 aliphatic rings.